The third kappa shape index (κ3) is 2.71. The lowest BCUT2D eigenvalue weighted by Gasteiger charge is -2.31. The first kappa shape index (κ1) is 14.0. The third-order valence-corrected chi connectivity index (χ3v) is 4.20. The minimum atomic E-state index is -0.198. The molecule has 1 aromatic carbocycles. The van der Waals surface area contributed by atoms with Gasteiger partial charge in [-0.3, -0.25) is 9.69 Å². The normalized spacial score (nSPS) is 18.5. The summed E-state index contributed by atoms with van der Waals surface area (Å²) < 4.78 is 1.94. The molecular weight excluding hydrogens is 288 g/mol. The lowest BCUT2D eigenvalue weighted by molar-refractivity contribution is -0.121. The van der Waals surface area contributed by atoms with Crippen LogP contribution in [0.15, 0.2) is 60.9 Å². The molecule has 2 aromatic heterocycles. The second kappa shape index (κ2) is 5.85. The average Bonchev–Trinajstić information content (AvgIpc) is 3.01. The molecular formula is C18H18N4O. The fourth-order valence-corrected chi connectivity index (χ4v) is 3.02. The highest BCUT2D eigenvalue weighted by molar-refractivity contribution is 5.97. The van der Waals surface area contributed by atoms with Crippen LogP contribution in [0.3, 0.4) is 0 Å². The molecule has 116 valence electrons. The number of imidazole rings is 1. The van der Waals surface area contributed by atoms with E-state index < -0.39 is 0 Å². The number of carbonyl (C=O) groups excluding carboxylic acids is 1. The zero-order valence-corrected chi connectivity index (χ0v) is 12.7. The Bertz CT molecular complexity index is 794. The van der Waals surface area contributed by atoms with E-state index in [4.69, 9.17) is 0 Å². The number of amides is 1. The standard InChI is InChI=1S/C18H18N4O/c23-18-15(12-14-6-2-1-3-7-14)19-9-11-22(18)17-13-21-10-5-4-8-16(21)20-17/h1-8,10,13,15,19H,9,11-12H2. The van der Waals surface area contributed by atoms with Crippen molar-refractivity contribution in [3.05, 3.63) is 66.5 Å². The number of carbonyl (C=O) groups is 1. The Morgan fingerprint density at radius 2 is 1.96 bits per heavy atom. The minimum Gasteiger partial charge on any atom is -0.305 e. The van der Waals surface area contributed by atoms with Gasteiger partial charge in [0.1, 0.15) is 5.65 Å². The molecule has 1 fully saturated rings. The maximum Gasteiger partial charge on any atom is 0.245 e. The first-order valence-electron chi connectivity index (χ1n) is 7.84. The number of piperazine rings is 1. The highest BCUT2D eigenvalue weighted by Gasteiger charge is 2.30. The molecule has 0 spiro atoms. The molecule has 1 N–H and O–H groups in total. The summed E-state index contributed by atoms with van der Waals surface area (Å²) in [7, 11) is 0. The Morgan fingerprint density at radius 1 is 1.13 bits per heavy atom. The lowest BCUT2D eigenvalue weighted by atomic mass is 10.0. The first-order chi connectivity index (χ1) is 11.3. The SMILES string of the molecule is O=C1C(Cc2ccccc2)NCCN1c1cn2ccccc2n1. The monoisotopic (exact) mass is 306 g/mol. The number of benzene rings is 1. The first-order valence-corrected chi connectivity index (χ1v) is 7.84. The summed E-state index contributed by atoms with van der Waals surface area (Å²) in [5.74, 6) is 0.810. The summed E-state index contributed by atoms with van der Waals surface area (Å²) in [6.45, 7) is 1.42. The molecule has 3 aromatic rings. The molecule has 0 saturated carbocycles. The Hall–Kier alpha value is -2.66. The summed E-state index contributed by atoms with van der Waals surface area (Å²) in [6.07, 6.45) is 4.56. The fourth-order valence-electron chi connectivity index (χ4n) is 3.02. The van der Waals surface area contributed by atoms with Crippen LogP contribution in [0.1, 0.15) is 5.56 Å². The Kier molecular flexibility index (Phi) is 3.55. The van der Waals surface area contributed by atoms with Crippen molar-refractivity contribution in [3.63, 3.8) is 0 Å². The Morgan fingerprint density at radius 3 is 2.78 bits per heavy atom. The van der Waals surface area contributed by atoms with Crippen LogP contribution in [-0.2, 0) is 11.2 Å². The van der Waals surface area contributed by atoms with Gasteiger partial charge in [-0.1, -0.05) is 36.4 Å². The molecule has 1 saturated heterocycles. The van der Waals surface area contributed by atoms with Gasteiger partial charge in [-0.05, 0) is 24.1 Å². The van der Waals surface area contributed by atoms with Crippen molar-refractivity contribution >= 4 is 17.4 Å². The summed E-state index contributed by atoms with van der Waals surface area (Å²) in [4.78, 5) is 19.2. The van der Waals surface area contributed by atoms with E-state index in [9.17, 15) is 4.79 Å². The number of nitrogens with one attached hydrogen (secondary N) is 1. The zero-order chi connectivity index (χ0) is 15.6. The van der Waals surface area contributed by atoms with Crippen LogP contribution in [0.2, 0.25) is 0 Å². The van der Waals surface area contributed by atoms with E-state index in [-0.39, 0.29) is 11.9 Å². The number of rotatable bonds is 3. The van der Waals surface area contributed by atoms with Crippen molar-refractivity contribution in [2.75, 3.05) is 18.0 Å². The topological polar surface area (TPSA) is 49.6 Å². The van der Waals surface area contributed by atoms with Crippen molar-refractivity contribution in [1.29, 1.82) is 0 Å². The second-order valence-corrected chi connectivity index (χ2v) is 5.75. The van der Waals surface area contributed by atoms with Crippen LogP contribution < -0.4 is 10.2 Å². The number of fused-ring (bicyclic) bond motifs is 1. The van der Waals surface area contributed by atoms with Crippen molar-refractivity contribution in [1.82, 2.24) is 14.7 Å². The lowest BCUT2D eigenvalue weighted by Crippen LogP contribution is -2.56. The number of pyridine rings is 1. The Labute approximate surface area is 134 Å². The van der Waals surface area contributed by atoms with Crippen LogP contribution in [0.5, 0.6) is 0 Å². The number of nitrogens with zero attached hydrogens (tertiary/aromatic N) is 3. The molecule has 1 atom stereocenters. The highest BCUT2D eigenvalue weighted by atomic mass is 16.2. The molecule has 4 rings (SSSR count). The van der Waals surface area contributed by atoms with Gasteiger partial charge >= 0.3 is 0 Å². The van der Waals surface area contributed by atoms with Gasteiger partial charge in [-0.15, -0.1) is 0 Å². The highest BCUT2D eigenvalue weighted by Crippen LogP contribution is 2.18. The van der Waals surface area contributed by atoms with Crippen LogP contribution in [0.25, 0.3) is 5.65 Å². The molecule has 0 radical (unpaired) electrons. The molecule has 1 unspecified atom stereocenters. The molecule has 23 heavy (non-hydrogen) atoms. The van der Waals surface area contributed by atoms with Crippen molar-refractivity contribution in [3.8, 4) is 0 Å². The number of anilines is 1. The molecule has 1 aliphatic heterocycles. The van der Waals surface area contributed by atoms with E-state index >= 15 is 0 Å². The van der Waals surface area contributed by atoms with Crippen LogP contribution in [0.4, 0.5) is 5.82 Å². The van der Waals surface area contributed by atoms with Gasteiger partial charge in [0.05, 0.1) is 12.2 Å². The minimum absolute atomic E-state index is 0.0866. The van der Waals surface area contributed by atoms with Crippen LogP contribution >= 0.6 is 0 Å². The molecule has 0 bridgehead atoms. The number of hydrogen-bond acceptors (Lipinski definition) is 3. The van der Waals surface area contributed by atoms with Gasteiger partial charge in [-0.25, -0.2) is 4.98 Å². The van der Waals surface area contributed by atoms with Gasteiger partial charge in [0, 0.05) is 19.3 Å². The summed E-state index contributed by atoms with van der Waals surface area (Å²) in [6, 6.07) is 15.7. The predicted octanol–water partition coefficient (Wildman–Crippen LogP) is 1.88. The maximum atomic E-state index is 12.8. The van der Waals surface area contributed by atoms with Gasteiger partial charge < -0.3 is 9.72 Å². The quantitative estimate of drug-likeness (QED) is 0.804. The summed E-state index contributed by atoms with van der Waals surface area (Å²) >= 11 is 0. The van der Waals surface area contributed by atoms with Gasteiger partial charge in [-0.2, -0.15) is 0 Å². The molecule has 1 aliphatic rings. The molecule has 3 heterocycles. The predicted molar refractivity (Wildman–Crippen MR) is 89.5 cm³/mol. The van der Waals surface area contributed by atoms with Gasteiger partial charge in [0.2, 0.25) is 5.91 Å². The molecule has 1 amide bonds. The van der Waals surface area contributed by atoms with E-state index in [0.29, 0.717) is 13.0 Å². The Balaban J connectivity index is 1.58. The van der Waals surface area contributed by atoms with Crippen LogP contribution in [-0.4, -0.2) is 34.4 Å². The van der Waals surface area contributed by atoms with E-state index in [1.54, 1.807) is 4.90 Å². The second-order valence-electron chi connectivity index (χ2n) is 5.75. The third-order valence-electron chi connectivity index (χ3n) is 4.20. The van der Waals surface area contributed by atoms with E-state index in [0.717, 1.165) is 23.6 Å². The molecule has 0 aliphatic carbocycles. The largest absolute Gasteiger partial charge is 0.305 e. The van der Waals surface area contributed by atoms with E-state index in [2.05, 4.69) is 22.4 Å². The van der Waals surface area contributed by atoms with E-state index in [1.807, 2.05) is 53.2 Å². The van der Waals surface area contributed by atoms with Gasteiger partial charge in [0.25, 0.3) is 0 Å². The fraction of sp³-hybridized carbons (Fsp3) is 0.222. The molecule has 5 nitrogen and oxygen atoms in total. The van der Waals surface area contributed by atoms with E-state index in [1.165, 1.54) is 0 Å². The number of hydrogen-bond donors (Lipinski definition) is 1. The smallest absolute Gasteiger partial charge is 0.245 e. The summed E-state index contributed by atoms with van der Waals surface area (Å²) in [5.41, 5.74) is 2.02. The number of aromatic nitrogens is 2. The van der Waals surface area contributed by atoms with Crippen molar-refractivity contribution < 1.29 is 4.79 Å². The van der Waals surface area contributed by atoms with Crippen molar-refractivity contribution in [2.45, 2.75) is 12.5 Å². The summed E-state index contributed by atoms with van der Waals surface area (Å²) in [5, 5.41) is 3.33. The molecule has 5 heteroatoms. The zero-order valence-electron chi connectivity index (χ0n) is 12.7. The maximum absolute atomic E-state index is 12.8. The van der Waals surface area contributed by atoms with Crippen molar-refractivity contribution in [2.24, 2.45) is 0 Å². The van der Waals surface area contributed by atoms with Gasteiger partial charge in [0.15, 0.2) is 5.82 Å². The average molecular weight is 306 g/mol. The van der Waals surface area contributed by atoms with Crippen LogP contribution in [0, 0.1) is 0 Å².